The van der Waals surface area contributed by atoms with Gasteiger partial charge in [0.25, 0.3) is 0 Å². The second kappa shape index (κ2) is 5.84. The van der Waals surface area contributed by atoms with Crippen LogP contribution in [0.4, 0.5) is 4.79 Å². The number of nitrogens with zero attached hydrogens (tertiary/aromatic N) is 1. The largest absolute Gasteiger partial charge is 0.350 e. The number of urea groups is 1. The lowest BCUT2D eigenvalue weighted by Crippen LogP contribution is -2.12. The zero-order valence-corrected chi connectivity index (χ0v) is 6.36. The highest BCUT2D eigenvalue weighted by Gasteiger charge is 1.84. The molecule has 0 saturated heterocycles. The molecule has 0 aliphatic carbocycles. The van der Waals surface area contributed by atoms with Crippen molar-refractivity contribution < 1.29 is 9.59 Å². The van der Waals surface area contributed by atoms with E-state index in [1.165, 1.54) is 18.5 Å². The van der Waals surface area contributed by atoms with Crippen molar-refractivity contribution in [1.82, 2.24) is 5.32 Å². The summed E-state index contributed by atoms with van der Waals surface area (Å²) in [7, 11) is 0. The zero-order valence-electron chi connectivity index (χ0n) is 6.36. The summed E-state index contributed by atoms with van der Waals surface area (Å²) in [6.07, 6.45) is 4.98. The van der Waals surface area contributed by atoms with Gasteiger partial charge in [0.05, 0.1) is 0 Å². The van der Waals surface area contributed by atoms with E-state index in [4.69, 9.17) is 0 Å². The van der Waals surface area contributed by atoms with Crippen LogP contribution in [0.25, 0.3) is 0 Å². The molecular weight excluding hydrogens is 158 g/mol. The highest BCUT2D eigenvalue weighted by Crippen LogP contribution is 1.69. The topological polar surface area (TPSA) is 84.6 Å². The van der Waals surface area contributed by atoms with Gasteiger partial charge < -0.3 is 11.1 Å². The highest BCUT2D eigenvalue weighted by molar-refractivity contribution is 5.89. The van der Waals surface area contributed by atoms with Crippen molar-refractivity contribution in [3.05, 3.63) is 24.9 Å². The Morgan fingerprint density at radius 3 is 2.67 bits per heavy atom. The number of carbonyl (C=O) groups excluding carboxylic acids is 2. The number of nitrogens with one attached hydrogen (secondary N) is 1. The van der Waals surface area contributed by atoms with E-state index in [1.807, 2.05) is 0 Å². The number of nitrogens with two attached hydrogens (primary N) is 1. The average molecular weight is 167 g/mol. The van der Waals surface area contributed by atoms with Gasteiger partial charge in [-0.05, 0) is 12.2 Å². The normalized spacial score (nSPS) is 10.3. The van der Waals surface area contributed by atoms with E-state index in [2.05, 4.69) is 22.6 Å². The maximum atomic E-state index is 10.5. The summed E-state index contributed by atoms with van der Waals surface area (Å²) >= 11 is 0. The van der Waals surface area contributed by atoms with Crippen molar-refractivity contribution in [2.24, 2.45) is 10.7 Å². The molecule has 0 unspecified atom stereocenters. The Morgan fingerprint density at radius 1 is 1.50 bits per heavy atom. The molecule has 12 heavy (non-hydrogen) atoms. The maximum absolute atomic E-state index is 10.5. The van der Waals surface area contributed by atoms with Crippen LogP contribution in [-0.2, 0) is 4.79 Å². The molecule has 0 bridgehead atoms. The molecule has 3 amide bonds. The van der Waals surface area contributed by atoms with Crippen LogP contribution in [0.5, 0.6) is 0 Å². The Kier molecular flexibility index (Phi) is 4.91. The first kappa shape index (κ1) is 10.1. The summed E-state index contributed by atoms with van der Waals surface area (Å²) in [5.74, 6) is -0.335. The molecule has 0 atom stereocenters. The number of primary amides is 1. The molecule has 5 nitrogen and oxygen atoms in total. The lowest BCUT2D eigenvalue weighted by molar-refractivity contribution is -0.115. The minimum absolute atomic E-state index is 0.335. The van der Waals surface area contributed by atoms with Crippen molar-refractivity contribution in [3.8, 4) is 0 Å². The zero-order chi connectivity index (χ0) is 9.40. The van der Waals surface area contributed by atoms with Gasteiger partial charge in [-0.2, -0.15) is 0 Å². The maximum Gasteiger partial charge on any atom is 0.338 e. The van der Waals surface area contributed by atoms with Crippen LogP contribution in [0.1, 0.15) is 0 Å². The summed E-state index contributed by atoms with van der Waals surface area (Å²) in [6, 6.07) is -0.783. The lowest BCUT2D eigenvalue weighted by atomic mass is 10.5. The Hall–Kier alpha value is -1.91. The van der Waals surface area contributed by atoms with Crippen LogP contribution in [0.2, 0.25) is 0 Å². The SMILES string of the molecule is C=CC(=O)NC=CC=NC(N)=O. The average Bonchev–Trinajstić information content (AvgIpc) is 2.03. The first-order chi connectivity index (χ1) is 5.66. The molecule has 5 heteroatoms. The van der Waals surface area contributed by atoms with Gasteiger partial charge in [0, 0.05) is 12.4 Å². The molecule has 0 radical (unpaired) electrons. The van der Waals surface area contributed by atoms with E-state index < -0.39 is 6.03 Å². The number of hydrogen-bond acceptors (Lipinski definition) is 2. The predicted octanol–water partition coefficient (Wildman–Crippen LogP) is -0.0482. The van der Waals surface area contributed by atoms with Gasteiger partial charge >= 0.3 is 6.03 Å². The van der Waals surface area contributed by atoms with Crippen molar-refractivity contribution in [2.45, 2.75) is 0 Å². The van der Waals surface area contributed by atoms with E-state index in [1.54, 1.807) is 0 Å². The molecule has 0 heterocycles. The van der Waals surface area contributed by atoms with Crippen LogP contribution in [0, 0.1) is 0 Å². The molecule has 0 aromatic carbocycles. The Balaban J connectivity index is 3.70. The molecule has 3 N–H and O–H groups in total. The number of allylic oxidation sites excluding steroid dienone is 1. The molecule has 64 valence electrons. The number of amides is 3. The van der Waals surface area contributed by atoms with Crippen LogP contribution in [-0.4, -0.2) is 18.2 Å². The van der Waals surface area contributed by atoms with E-state index in [0.717, 1.165) is 6.08 Å². The molecule has 0 aromatic heterocycles. The molecule has 0 aromatic rings. The summed E-state index contributed by atoms with van der Waals surface area (Å²) in [6.45, 7) is 3.23. The molecular formula is C7H9N3O2. The van der Waals surface area contributed by atoms with Crippen LogP contribution < -0.4 is 11.1 Å². The predicted molar refractivity (Wildman–Crippen MR) is 45.6 cm³/mol. The monoisotopic (exact) mass is 167 g/mol. The second-order valence-electron chi connectivity index (χ2n) is 1.69. The molecule has 0 spiro atoms. The standard InChI is InChI=1S/C7H9N3O2/c1-2-6(11)9-4-3-5-10-7(8)12/h2-5H,1H2,(H2,8,12)(H,9,11). The molecule has 0 fully saturated rings. The third-order valence-electron chi connectivity index (χ3n) is 0.795. The van der Waals surface area contributed by atoms with E-state index in [-0.39, 0.29) is 5.91 Å². The van der Waals surface area contributed by atoms with Gasteiger partial charge in [-0.3, -0.25) is 4.79 Å². The smallest absolute Gasteiger partial charge is 0.338 e. The molecule has 0 rings (SSSR count). The second-order valence-corrected chi connectivity index (χ2v) is 1.69. The first-order valence-electron chi connectivity index (χ1n) is 3.08. The number of carbonyl (C=O) groups is 2. The molecule has 0 saturated carbocycles. The van der Waals surface area contributed by atoms with Gasteiger partial charge in [0.1, 0.15) is 0 Å². The minimum atomic E-state index is -0.783. The summed E-state index contributed by atoms with van der Waals surface area (Å²) < 4.78 is 0. The van der Waals surface area contributed by atoms with Gasteiger partial charge in [-0.15, -0.1) is 0 Å². The number of aliphatic imine (C=N–C) groups is 1. The third-order valence-corrected chi connectivity index (χ3v) is 0.795. The van der Waals surface area contributed by atoms with Gasteiger partial charge in [-0.25, -0.2) is 9.79 Å². The van der Waals surface area contributed by atoms with Crippen molar-refractivity contribution in [3.63, 3.8) is 0 Å². The summed E-state index contributed by atoms with van der Waals surface area (Å²) in [5.41, 5.74) is 4.69. The quantitative estimate of drug-likeness (QED) is 0.456. The number of hydrogen-bond donors (Lipinski definition) is 2. The third kappa shape index (κ3) is 6.21. The summed E-state index contributed by atoms with van der Waals surface area (Å²) in [5, 5.41) is 2.33. The van der Waals surface area contributed by atoms with Crippen LogP contribution in [0.15, 0.2) is 29.9 Å². The first-order valence-corrected chi connectivity index (χ1v) is 3.08. The van der Waals surface area contributed by atoms with E-state index in [0.29, 0.717) is 0 Å². The van der Waals surface area contributed by atoms with E-state index >= 15 is 0 Å². The molecule has 0 aliphatic heterocycles. The Morgan fingerprint density at radius 2 is 2.17 bits per heavy atom. The summed E-state index contributed by atoms with van der Waals surface area (Å²) in [4.78, 5) is 23.7. The lowest BCUT2D eigenvalue weighted by Gasteiger charge is -1.87. The van der Waals surface area contributed by atoms with Gasteiger partial charge in [-0.1, -0.05) is 6.58 Å². The van der Waals surface area contributed by atoms with Gasteiger partial charge in [0.15, 0.2) is 0 Å². The van der Waals surface area contributed by atoms with Gasteiger partial charge in [0.2, 0.25) is 5.91 Å². The van der Waals surface area contributed by atoms with Crippen molar-refractivity contribution in [1.29, 1.82) is 0 Å². The fourth-order valence-electron chi connectivity index (χ4n) is 0.349. The number of rotatable bonds is 3. The fourth-order valence-corrected chi connectivity index (χ4v) is 0.349. The highest BCUT2D eigenvalue weighted by atomic mass is 16.2. The molecule has 0 aliphatic rings. The fraction of sp³-hybridized carbons (Fsp3) is 0. The Bertz CT molecular complexity index is 243. The minimum Gasteiger partial charge on any atom is -0.350 e. The Labute approximate surface area is 69.7 Å². The van der Waals surface area contributed by atoms with Crippen LogP contribution in [0.3, 0.4) is 0 Å². The van der Waals surface area contributed by atoms with Crippen LogP contribution >= 0.6 is 0 Å². The van der Waals surface area contributed by atoms with Crippen molar-refractivity contribution >= 4 is 18.2 Å². The van der Waals surface area contributed by atoms with Crippen molar-refractivity contribution in [2.75, 3.05) is 0 Å². The van der Waals surface area contributed by atoms with E-state index in [9.17, 15) is 9.59 Å².